The lowest BCUT2D eigenvalue weighted by molar-refractivity contribution is 0.190. The molecule has 0 rings (SSSR count). The summed E-state index contributed by atoms with van der Waals surface area (Å²) in [4.78, 5) is 0. The molecule has 0 N–H and O–H groups in total. The highest BCUT2D eigenvalue weighted by atomic mass is 14.3. The van der Waals surface area contributed by atoms with Gasteiger partial charge in [0.25, 0.3) is 0 Å². The molecule has 0 aliphatic carbocycles. The lowest BCUT2D eigenvalue weighted by Gasteiger charge is -2.31. The fourth-order valence-electron chi connectivity index (χ4n) is 2.45. The summed E-state index contributed by atoms with van der Waals surface area (Å²) in [5, 5.41) is 0. The van der Waals surface area contributed by atoms with Crippen LogP contribution in [0.25, 0.3) is 0 Å². The van der Waals surface area contributed by atoms with Gasteiger partial charge in [0.05, 0.1) is 0 Å². The van der Waals surface area contributed by atoms with Crippen LogP contribution in [0.5, 0.6) is 0 Å². The van der Waals surface area contributed by atoms with Gasteiger partial charge in [0.15, 0.2) is 0 Å². The molecular weight excluding hydrogens is 168 g/mol. The zero-order valence-corrected chi connectivity index (χ0v) is 11.1. The lowest BCUT2D eigenvalue weighted by Crippen LogP contribution is -2.22. The van der Waals surface area contributed by atoms with Crippen molar-refractivity contribution in [2.45, 2.75) is 67.2 Å². The van der Waals surface area contributed by atoms with E-state index in [1.54, 1.807) is 0 Å². The summed E-state index contributed by atoms with van der Waals surface area (Å²) in [6.07, 6.45) is 5.54. The highest BCUT2D eigenvalue weighted by Crippen LogP contribution is 2.32. The molecule has 0 saturated heterocycles. The van der Waals surface area contributed by atoms with Gasteiger partial charge < -0.3 is 0 Å². The Morgan fingerprint density at radius 2 is 1.14 bits per heavy atom. The average Bonchev–Trinajstić information content (AvgIpc) is 2.15. The Hall–Kier alpha value is 0. The van der Waals surface area contributed by atoms with Gasteiger partial charge in [0.1, 0.15) is 0 Å². The molecule has 0 heterocycles. The van der Waals surface area contributed by atoms with E-state index in [0.29, 0.717) is 0 Å². The Kier molecular flexibility index (Phi) is 7.31. The van der Waals surface area contributed by atoms with E-state index in [2.05, 4.69) is 41.5 Å². The summed E-state index contributed by atoms with van der Waals surface area (Å²) >= 11 is 0. The topological polar surface area (TPSA) is 0 Å². The van der Waals surface area contributed by atoms with Crippen molar-refractivity contribution in [1.82, 2.24) is 0 Å². The van der Waals surface area contributed by atoms with Crippen LogP contribution in [0.15, 0.2) is 0 Å². The molecule has 0 fully saturated rings. The maximum absolute atomic E-state index is 2.46. The molecule has 2 atom stereocenters. The van der Waals surface area contributed by atoms with Crippen molar-refractivity contribution < 1.29 is 0 Å². The van der Waals surface area contributed by atoms with Gasteiger partial charge in [-0.2, -0.15) is 0 Å². The molecule has 0 bridgehead atoms. The predicted molar refractivity (Wildman–Crippen MR) is 66.5 cm³/mol. The molecule has 14 heavy (non-hydrogen) atoms. The van der Waals surface area contributed by atoms with Crippen molar-refractivity contribution >= 4 is 0 Å². The van der Waals surface area contributed by atoms with Crippen LogP contribution in [0.4, 0.5) is 0 Å². The monoisotopic (exact) mass is 198 g/mol. The second-order valence-electron chi connectivity index (χ2n) is 5.30. The summed E-state index contributed by atoms with van der Waals surface area (Å²) in [7, 11) is 0. The fourth-order valence-corrected chi connectivity index (χ4v) is 2.45. The summed E-state index contributed by atoms with van der Waals surface area (Å²) in [5.41, 5.74) is 0. The Bertz CT molecular complexity index is 120. The van der Waals surface area contributed by atoms with E-state index in [9.17, 15) is 0 Å². The second kappa shape index (κ2) is 7.31. The van der Waals surface area contributed by atoms with Crippen molar-refractivity contribution in [2.24, 2.45) is 23.7 Å². The van der Waals surface area contributed by atoms with Crippen LogP contribution < -0.4 is 0 Å². The Balaban J connectivity index is 4.18. The average molecular weight is 198 g/mol. The lowest BCUT2D eigenvalue weighted by atomic mass is 9.75. The predicted octanol–water partition coefficient (Wildman–Crippen LogP) is 5.13. The van der Waals surface area contributed by atoms with Crippen LogP contribution in [0, 0.1) is 23.7 Å². The van der Waals surface area contributed by atoms with E-state index in [1.165, 1.54) is 25.7 Å². The molecule has 0 aliphatic rings. The van der Waals surface area contributed by atoms with Crippen molar-refractivity contribution in [2.75, 3.05) is 0 Å². The Labute approximate surface area is 91.5 Å². The molecule has 0 saturated carbocycles. The summed E-state index contributed by atoms with van der Waals surface area (Å²) in [6, 6.07) is 0. The maximum Gasteiger partial charge on any atom is -0.0386 e. The van der Waals surface area contributed by atoms with Gasteiger partial charge in [0, 0.05) is 0 Å². The number of hydrogen-bond acceptors (Lipinski definition) is 0. The molecule has 0 spiro atoms. The standard InChI is InChI=1S/C14H30/c1-7-9-14(10-8-2)13(6)12(5)11(3)4/h11-14H,7-10H2,1-6H3. The molecule has 0 aromatic heterocycles. The van der Waals surface area contributed by atoms with E-state index in [4.69, 9.17) is 0 Å². The minimum Gasteiger partial charge on any atom is -0.0654 e. The quantitative estimate of drug-likeness (QED) is 0.532. The Morgan fingerprint density at radius 3 is 1.43 bits per heavy atom. The SMILES string of the molecule is CCCC(CCC)C(C)C(C)C(C)C. The first-order valence-corrected chi connectivity index (χ1v) is 6.54. The maximum atomic E-state index is 2.46. The highest BCUT2D eigenvalue weighted by Gasteiger charge is 2.23. The molecule has 0 aromatic rings. The van der Waals surface area contributed by atoms with Crippen LogP contribution in [0.3, 0.4) is 0 Å². The summed E-state index contributed by atoms with van der Waals surface area (Å²) in [6.45, 7) is 14.2. The van der Waals surface area contributed by atoms with Crippen molar-refractivity contribution in [3.8, 4) is 0 Å². The zero-order valence-electron chi connectivity index (χ0n) is 11.1. The molecule has 0 aliphatic heterocycles. The van der Waals surface area contributed by atoms with E-state index < -0.39 is 0 Å². The first-order chi connectivity index (χ1) is 6.54. The van der Waals surface area contributed by atoms with Gasteiger partial charge in [-0.05, 0) is 23.7 Å². The molecule has 0 aromatic carbocycles. The molecular formula is C14H30. The highest BCUT2D eigenvalue weighted by molar-refractivity contribution is 4.73. The van der Waals surface area contributed by atoms with Crippen molar-refractivity contribution in [1.29, 1.82) is 0 Å². The number of rotatable bonds is 7. The van der Waals surface area contributed by atoms with Crippen LogP contribution in [-0.4, -0.2) is 0 Å². The van der Waals surface area contributed by atoms with Crippen LogP contribution in [-0.2, 0) is 0 Å². The van der Waals surface area contributed by atoms with E-state index in [-0.39, 0.29) is 0 Å². The molecule has 86 valence electrons. The summed E-state index contributed by atoms with van der Waals surface area (Å²) < 4.78 is 0. The van der Waals surface area contributed by atoms with Gasteiger partial charge in [-0.25, -0.2) is 0 Å². The third-order valence-corrected chi connectivity index (χ3v) is 3.94. The number of hydrogen-bond donors (Lipinski definition) is 0. The van der Waals surface area contributed by atoms with Crippen LogP contribution >= 0.6 is 0 Å². The molecule has 0 nitrogen and oxygen atoms in total. The zero-order chi connectivity index (χ0) is 11.1. The molecule has 0 amide bonds. The third kappa shape index (κ3) is 4.48. The van der Waals surface area contributed by atoms with Gasteiger partial charge >= 0.3 is 0 Å². The third-order valence-electron chi connectivity index (χ3n) is 3.94. The molecule has 0 radical (unpaired) electrons. The molecule has 0 heteroatoms. The molecule has 2 unspecified atom stereocenters. The van der Waals surface area contributed by atoms with Crippen molar-refractivity contribution in [3.63, 3.8) is 0 Å². The van der Waals surface area contributed by atoms with Crippen LogP contribution in [0.2, 0.25) is 0 Å². The minimum absolute atomic E-state index is 0.834. The minimum atomic E-state index is 0.834. The second-order valence-corrected chi connectivity index (χ2v) is 5.30. The first kappa shape index (κ1) is 14.0. The first-order valence-electron chi connectivity index (χ1n) is 6.54. The van der Waals surface area contributed by atoms with Gasteiger partial charge in [-0.3, -0.25) is 0 Å². The smallest absolute Gasteiger partial charge is 0.0386 e. The van der Waals surface area contributed by atoms with E-state index >= 15 is 0 Å². The fraction of sp³-hybridized carbons (Fsp3) is 1.00. The van der Waals surface area contributed by atoms with Crippen molar-refractivity contribution in [3.05, 3.63) is 0 Å². The van der Waals surface area contributed by atoms with Crippen LogP contribution in [0.1, 0.15) is 67.2 Å². The summed E-state index contributed by atoms with van der Waals surface area (Å²) in [5.74, 6) is 3.57. The van der Waals surface area contributed by atoms with E-state index in [1.807, 2.05) is 0 Å². The normalized spacial score (nSPS) is 16.3. The van der Waals surface area contributed by atoms with E-state index in [0.717, 1.165) is 23.7 Å². The van der Waals surface area contributed by atoms with Gasteiger partial charge in [-0.1, -0.05) is 67.2 Å². The largest absolute Gasteiger partial charge is 0.0654 e. The van der Waals surface area contributed by atoms with Gasteiger partial charge in [0.2, 0.25) is 0 Å². The van der Waals surface area contributed by atoms with Gasteiger partial charge in [-0.15, -0.1) is 0 Å². The Morgan fingerprint density at radius 1 is 0.714 bits per heavy atom.